The van der Waals surface area contributed by atoms with Gasteiger partial charge in [0, 0.05) is 24.2 Å². The summed E-state index contributed by atoms with van der Waals surface area (Å²) in [6.07, 6.45) is 0.137. The number of aliphatic carboxylic acids is 1. The molecule has 1 heterocycles. The van der Waals surface area contributed by atoms with Crippen molar-refractivity contribution in [3.63, 3.8) is 0 Å². The number of halogens is 1. The van der Waals surface area contributed by atoms with Crippen LogP contribution in [-0.4, -0.2) is 29.7 Å². The van der Waals surface area contributed by atoms with Gasteiger partial charge in [0.15, 0.2) is 0 Å². The van der Waals surface area contributed by atoms with Gasteiger partial charge in [-0.15, -0.1) is 0 Å². The third-order valence-corrected chi connectivity index (χ3v) is 3.56. The second-order valence-corrected chi connectivity index (χ2v) is 5.31. The van der Waals surface area contributed by atoms with E-state index in [0.717, 1.165) is 5.56 Å². The molecule has 0 saturated carbocycles. The van der Waals surface area contributed by atoms with Crippen LogP contribution in [0.25, 0.3) is 0 Å². The van der Waals surface area contributed by atoms with Gasteiger partial charge in [0.25, 0.3) is 0 Å². The van der Waals surface area contributed by atoms with Gasteiger partial charge in [-0.3, -0.25) is 4.79 Å². The van der Waals surface area contributed by atoms with Crippen molar-refractivity contribution in [2.75, 3.05) is 13.1 Å². The predicted octanol–water partition coefficient (Wildman–Crippen LogP) is 1.81. The van der Waals surface area contributed by atoms with Crippen LogP contribution < -0.4 is 10.6 Å². The molecule has 1 aromatic rings. The molecule has 2 rings (SSSR count). The van der Waals surface area contributed by atoms with Crippen molar-refractivity contribution in [3.05, 3.63) is 34.9 Å². The number of hydrogen-bond acceptors (Lipinski definition) is 3. The summed E-state index contributed by atoms with van der Waals surface area (Å²) in [5, 5.41) is 16.2. The molecule has 18 heavy (non-hydrogen) atoms. The van der Waals surface area contributed by atoms with Crippen molar-refractivity contribution in [1.29, 1.82) is 0 Å². The van der Waals surface area contributed by atoms with Crippen LogP contribution in [0.3, 0.4) is 0 Å². The number of carboxylic acid groups (broad SMARTS) is 1. The molecule has 1 aliphatic rings. The van der Waals surface area contributed by atoms with Crippen LogP contribution >= 0.6 is 11.6 Å². The topological polar surface area (TPSA) is 61.4 Å². The maximum absolute atomic E-state index is 10.9. The highest BCUT2D eigenvalue weighted by molar-refractivity contribution is 6.30. The first-order valence-corrected chi connectivity index (χ1v) is 6.34. The fourth-order valence-corrected chi connectivity index (χ4v) is 2.41. The molecule has 1 aromatic carbocycles. The molecule has 1 unspecified atom stereocenters. The van der Waals surface area contributed by atoms with Crippen molar-refractivity contribution in [2.45, 2.75) is 24.9 Å². The summed E-state index contributed by atoms with van der Waals surface area (Å²) in [4.78, 5) is 10.9. The Morgan fingerprint density at radius 2 is 2.11 bits per heavy atom. The quantitative estimate of drug-likeness (QED) is 0.762. The Labute approximate surface area is 111 Å². The van der Waals surface area contributed by atoms with Crippen LogP contribution in [0.2, 0.25) is 5.02 Å². The molecule has 5 heteroatoms. The predicted molar refractivity (Wildman–Crippen MR) is 70.9 cm³/mol. The molecule has 4 nitrogen and oxygen atoms in total. The maximum atomic E-state index is 10.9. The van der Waals surface area contributed by atoms with Crippen molar-refractivity contribution in [3.8, 4) is 0 Å². The van der Waals surface area contributed by atoms with E-state index in [-0.39, 0.29) is 18.0 Å². The van der Waals surface area contributed by atoms with Gasteiger partial charge >= 0.3 is 5.97 Å². The molecule has 0 aromatic heterocycles. The summed E-state index contributed by atoms with van der Waals surface area (Å²) < 4.78 is 0. The molecule has 1 aliphatic heterocycles. The van der Waals surface area contributed by atoms with E-state index in [9.17, 15) is 4.79 Å². The average molecular weight is 269 g/mol. The maximum Gasteiger partial charge on any atom is 0.305 e. The largest absolute Gasteiger partial charge is 0.481 e. The van der Waals surface area contributed by atoms with E-state index in [1.165, 1.54) is 0 Å². The fraction of sp³-hybridized carbons (Fsp3) is 0.462. The summed E-state index contributed by atoms with van der Waals surface area (Å²) in [5.74, 6) is -0.771. The summed E-state index contributed by atoms with van der Waals surface area (Å²) in [6, 6.07) is 7.71. The van der Waals surface area contributed by atoms with Gasteiger partial charge in [-0.05, 0) is 24.6 Å². The Hall–Kier alpha value is -1.10. The number of carboxylic acids is 1. The van der Waals surface area contributed by atoms with Crippen molar-refractivity contribution < 1.29 is 9.90 Å². The highest BCUT2D eigenvalue weighted by Crippen LogP contribution is 2.23. The van der Waals surface area contributed by atoms with Crippen LogP contribution in [0, 0.1) is 0 Å². The van der Waals surface area contributed by atoms with Crippen molar-refractivity contribution in [1.82, 2.24) is 10.6 Å². The van der Waals surface area contributed by atoms with Gasteiger partial charge in [-0.1, -0.05) is 23.7 Å². The number of carbonyl (C=O) groups is 1. The van der Waals surface area contributed by atoms with Gasteiger partial charge < -0.3 is 15.7 Å². The van der Waals surface area contributed by atoms with E-state index in [1.54, 1.807) is 0 Å². The Morgan fingerprint density at radius 3 is 2.56 bits per heavy atom. The van der Waals surface area contributed by atoms with Gasteiger partial charge in [0.2, 0.25) is 0 Å². The Kier molecular flexibility index (Phi) is 3.90. The van der Waals surface area contributed by atoms with Crippen LogP contribution in [-0.2, 0) is 4.79 Å². The lowest BCUT2D eigenvalue weighted by molar-refractivity contribution is -0.139. The zero-order chi connectivity index (χ0) is 13.2. The van der Waals surface area contributed by atoms with Gasteiger partial charge in [-0.2, -0.15) is 0 Å². The van der Waals surface area contributed by atoms with Gasteiger partial charge in [0.05, 0.1) is 12.0 Å². The normalized spacial score (nSPS) is 19.0. The van der Waals surface area contributed by atoms with Gasteiger partial charge in [-0.25, -0.2) is 0 Å². The minimum atomic E-state index is -0.771. The lowest BCUT2D eigenvalue weighted by atomic mass is 9.87. The van der Waals surface area contributed by atoms with E-state index < -0.39 is 5.97 Å². The molecular formula is C13H17ClN2O2. The Balaban J connectivity index is 2.03. The molecule has 0 radical (unpaired) electrons. The smallest absolute Gasteiger partial charge is 0.305 e. The molecule has 3 N–H and O–H groups in total. The summed E-state index contributed by atoms with van der Waals surface area (Å²) >= 11 is 5.85. The summed E-state index contributed by atoms with van der Waals surface area (Å²) in [6.45, 7) is 3.42. The Bertz CT molecular complexity index is 429. The number of rotatable bonds is 5. The molecule has 0 spiro atoms. The molecule has 0 bridgehead atoms. The minimum Gasteiger partial charge on any atom is -0.481 e. The van der Waals surface area contributed by atoms with E-state index in [1.807, 2.05) is 31.2 Å². The second kappa shape index (κ2) is 5.26. The first kappa shape index (κ1) is 13.3. The number of hydrogen-bond donors (Lipinski definition) is 3. The van der Waals surface area contributed by atoms with Crippen LogP contribution in [0.5, 0.6) is 0 Å². The first-order valence-electron chi connectivity index (χ1n) is 5.96. The highest BCUT2D eigenvalue weighted by atomic mass is 35.5. The van der Waals surface area contributed by atoms with Crippen LogP contribution in [0.4, 0.5) is 0 Å². The van der Waals surface area contributed by atoms with Crippen LogP contribution in [0.15, 0.2) is 24.3 Å². The zero-order valence-electron chi connectivity index (χ0n) is 10.2. The van der Waals surface area contributed by atoms with Crippen LogP contribution in [0.1, 0.15) is 24.9 Å². The third-order valence-electron chi connectivity index (χ3n) is 3.31. The fourth-order valence-electron chi connectivity index (χ4n) is 2.29. The van der Waals surface area contributed by atoms with E-state index in [2.05, 4.69) is 10.6 Å². The van der Waals surface area contributed by atoms with E-state index >= 15 is 0 Å². The monoisotopic (exact) mass is 268 g/mol. The lowest BCUT2D eigenvalue weighted by Gasteiger charge is -2.44. The summed E-state index contributed by atoms with van der Waals surface area (Å²) in [5.41, 5.74) is 0.779. The molecule has 1 fully saturated rings. The molecule has 0 aliphatic carbocycles. The lowest BCUT2D eigenvalue weighted by Crippen LogP contribution is -2.68. The minimum absolute atomic E-state index is 0.101. The standard InChI is InChI=1S/C13H17ClN2O2/c1-9(10-2-4-11(14)5-3-10)16-13(6-12(17)18)7-15-8-13/h2-5,9,15-16H,6-8H2,1H3,(H,17,18). The molecule has 1 atom stereocenters. The third kappa shape index (κ3) is 3.02. The number of nitrogens with one attached hydrogen (secondary N) is 2. The van der Waals surface area contributed by atoms with Crippen molar-refractivity contribution in [2.24, 2.45) is 0 Å². The highest BCUT2D eigenvalue weighted by Gasteiger charge is 2.39. The molecule has 98 valence electrons. The molecular weight excluding hydrogens is 252 g/mol. The van der Waals surface area contributed by atoms with Gasteiger partial charge in [0.1, 0.15) is 0 Å². The SMILES string of the molecule is CC(NC1(CC(=O)O)CNC1)c1ccc(Cl)cc1. The molecule has 0 amide bonds. The van der Waals surface area contributed by atoms with E-state index in [0.29, 0.717) is 18.1 Å². The number of benzene rings is 1. The molecule has 1 saturated heterocycles. The summed E-state index contributed by atoms with van der Waals surface area (Å²) in [7, 11) is 0. The van der Waals surface area contributed by atoms with E-state index in [4.69, 9.17) is 16.7 Å². The average Bonchev–Trinajstić information content (AvgIpc) is 2.26. The van der Waals surface area contributed by atoms with Crippen molar-refractivity contribution >= 4 is 17.6 Å². The second-order valence-electron chi connectivity index (χ2n) is 4.87. The zero-order valence-corrected chi connectivity index (χ0v) is 11.0. The Morgan fingerprint density at radius 1 is 1.50 bits per heavy atom. The first-order chi connectivity index (χ1) is 8.51.